The van der Waals surface area contributed by atoms with Gasteiger partial charge in [-0.1, -0.05) is 48.5 Å². The Morgan fingerprint density at radius 1 is 1.27 bits per heavy atom. The zero-order valence-corrected chi connectivity index (χ0v) is 20.9. The lowest BCUT2D eigenvalue weighted by molar-refractivity contribution is -0.113. The first-order chi connectivity index (χ1) is 15.9. The van der Waals surface area contributed by atoms with E-state index in [2.05, 4.69) is 22.4 Å². The van der Waals surface area contributed by atoms with Crippen LogP contribution in [0.1, 0.15) is 46.6 Å². The van der Waals surface area contributed by atoms with Crippen molar-refractivity contribution in [2.24, 2.45) is 13.0 Å². The fourth-order valence-corrected chi connectivity index (χ4v) is 6.07. The average molecular weight is 485 g/mol. The lowest BCUT2D eigenvalue weighted by Gasteiger charge is -2.18. The number of thiophene rings is 1. The maximum atomic E-state index is 12.8. The van der Waals surface area contributed by atoms with Gasteiger partial charge in [-0.2, -0.15) is 0 Å². The molecule has 2 aromatic heterocycles. The van der Waals surface area contributed by atoms with Crippen molar-refractivity contribution < 1.29 is 14.3 Å². The third-order valence-corrected chi connectivity index (χ3v) is 7.91. The maximum Gasteiger partial charge on any atom is 0.341 e. The highest BCUT2D eigenvalue weighted by molar-refractivity contribution is 7.99. The van der Waals surface area contributed by atoms with E-state index in [1.54, 1.807) is 6.92 Å². The van der Waals surface area contributed by atoms with Gasteiger partial charge >= 0.3 is 5.97 Å². The Morgan fingerprint density at radius 2 is 2.03 bits per heavy atom. The molecule has 174 valence electrons. The highest BCUT2D eigenvalue weighted by atomic mass is 32.2. The van der Waals surface area contributed by atoms with Gasteiger partial charge in [0.15, 0.2) is 11.0 Å². The Hall–Kier alpha value is -2.65. The van der Waals surface area contributed by atoms with Crippen LogP contribution in [-0.4, -0.2) is 39.0 Å². The minimum absolute atomic E-state index is 0.168. The van der Waals surface area contributed by atoms with Crippen LogP contribution in [0.15, 0.2) is 29.4 Å². The van der Waals surface area contributed by atoms with Crippen LogP contribution in [0.5, 0.6) is 0 Å². The van der Waals surface area contributed by atoms with Gasteiger partial charge in [-0.05, 0) is 44.6 Å². The summed E-state index contributed by atoms with van der Waals surface area (Å²) in [4.78, 5) is 26.6. The summed E-state index contributed by atoms with van der Waals surface area (Å²) >= 11 is 2.82. The molecule has 7 nitrogen and oxygen atoms in total. The molecule has 4 rings (SSSR count). The maximum absolute atomic E-state index is 12.8. The number of aromatic nitrogens is 3. The van der Waals surface area contributed by atoms with E-state index in [4.69, 9.17) is 4.74 Å². The molecule has 0 radical (unpaired) electrons. The van der Waals surface area contributed by atoms with Crippen molar-refractivity contribution in [2.45, 2.75) is 45.2 Å². The highest BCUT2D eigenvalue weighted by Gasteiger charge is 2.29. The molecule has 0 saturated heterocycles. The first-order valence-electron chi connectivity index (χ1n) is 11.1. The first-order valence-corrected chi connectivity index (χ1v) is 12.9. The van der Waals surface area contributed by atoms with Crippen molar-refractivity contribution in [3.05, 3.63) is 45.8 Å². The summed E-state index contributed by atoms with van der Waals surface area (Å²) in [7, 11) is 1.89. The van der Waals surface area contributed by atoms with Crippen molar-refractivity contribution >= 4 is 40.0 Å². The first kappa shape index (κ1) is 23.5. The topological polar surface area (TPSA) is 86.1 Å². The molecule has 0 spiro atoms. The number of hydrogen-bond acceptors (Lipinski definition) is 7. The fourth-order valence-electron chi connectivity index (χ4n) is 3.95. The molecule has 33 heavy (non-hydrogen) atoms. The van der Waals surface area contributed by atoms with Crippen LogP contribution >= 0.6 is 23.1 Å². The molecule has 0 bridgehead atoms. The molecule has 0 saturated carbocycles. The van der Waals surface area contributed by atoms with Gasteiger partial charge in [-0.15, -0.1) is 21.5 Å². The number of nitrogens with zero attached hydrogens (tertiary/aromatic N) is 3. The number of carbonyl (C=O) groups is 2. The lowest BCUT2D eigenvalue weighted by atomic mass is 9.88. The number of nitrogens with one attached hydrogen (secondary N) is 1. The number of amides is 1. The zero-order valence-electron chi connectivity index (χ0n) is 19.3. The molecular weight excluding hydrogens is 456 g/mol. The van der Waals surface area contributed by atoms with E-state index < -0.39 is 0 Å². The Morgan fingerprint density at radius 3 is 2.76 bits per heavy atom. The molecule has 1 amide bonds. The normalized spacial score (nSPS) is 15.2. The van der Waals surface area contributed by atoms with E-state index in [1.165, 1.54) is 33.5 Å². The quantitative estimate of drug-likeness (QED) is 0.380. The third-order valence-electron chi connectivity index (χ3n) is 5.72. The van der Waals surface area contributed by atoms with Crippen LogP contribution in [0.25, 0.3) is 11.4 Å². The molecule has 3 aromatic rings. The summed E-state index contributed by atoms with van der Waals surface area (Å²) in [6, 6.07) is 8.09. The van der Waals surface area contributed by atoms with Crippen LogP contribution in [-0.2, 0) is 29.4 Å². The van der Waals surface area contributed by atoms with E-state index in [9.17, 15) is 9.59 Å². The predicted octanol–water partition coefficient (Wildman–Crippen LogP) is 4.88. The summed E-state index contributed by atoms with van der Waals surface area (Å²) in [6.07, 6.45) is 2.80. The minimum atomic E-state index is -0.358. The standard InChI is InChI=1S/C24H28N4O3S2/c1-5-31-23(30)20-17-11-8-15(3)12-18(17)33-22(20)25-19(29)13-32-24-27-26-21(28(24)4)16-9-6-14(2)7-10-16/h6-7,9-10,15H,5,8,11-13H2,1-4H3,(H,25,29). The van der Waals surface area contributed by atoms with Crippen LogP contribution in [0.2, 0.25) is 0 Å². The van der Waals surface area contributed by atoms with Crippen molar-refractivity contribution in [1.82, 2.24) is 14.8 Å². The van der Waals surface area contributed by atoms with Gasteiger partial charge < -0.3 is 14.6 Å². The fraction of sp³-hybridized carbons (Fsp3) is 0.417. The minimum Gasteiger partial charge on any atom is -0.462 e. The van der Waals surface area contributed by atoms with E-state index in [1.807, 2.05) is 42.8 Å². The van der Waals surface area contributed by atoms with E-state index >= 15 is 0 Å². The Kier molecular flexibility index (Phi) is 7.19. The molecule has 1 N–H and O–H groups in total. The van der Waals surface area contributed by atoms with Gasteiger partial charge in [0.05, 0.1) is 17.9 Å². The summed E-state index contributed by atoms with van der Waals surface area (Å²) in [5.41, 5.74) is 3.72. The summed E-state index contributed by atoms with van der Waals surface area (Å²) in [6.45, 7) is 6.35. The monoisotopic (exact) mass is 484 g/mol. The smallest absolute Gasteiger partial charge is 0.341 e. The number of benzene rings is 1. The summed E-state index contributed by atoms with van der Waals surface area (Å²) in [5.74, 6) is 0.952. The molecule has 1 atom stereocenters. The van der Waals surface area contributed by atoms with Gasteiger partial charge in [-0.3, -0.25) is 4.79 Å². The number of anilines is 1. The second kappa shape index (κ2) is 10.1. The Balaban J connectivity index is 1.46. The number of ether oxygens (including phenoxy) is 1. The number of carbonyl (C=O) groups excluding carboxylic acids is 2. The van der Waals surface area contributed by atoms with E-state index in [0.29, 0.717) is 28.2 Å². The zero-order chi connectivity index (χ0) is 23.5. The van der Waals surface area contributed by atoms with Crippen LogP contribution < -0.4 is 5.32 Å². The summed E-state index contributed by atoms with van der Waals surface area (Å²) < 4.78 is 7.18. The van der Waals surface area contributed by atoms with Crippen molar-refractivity contribution in [3.63, 3.8) is 0 Å². The Bertz CT molecular complexity index is 1170. The number of hydrogen-bond donors (Lipinski definition) is 1. The second-order valence-corrected chi connectivity index (χ2v) is 10.4. The van der Waals surface area contributed by atoms with Gasteiger partial charge in [0.25, 0.3) is 0 Å². The van der Waals surface area contributed by atoms with E-state index in [-0.39, 0.29) is 17.6 Å². The van der Waals surface area contributed by atoms with Gasteiger partial charge in [-0.25, -0.2) is 4.79 Å². The number of thioether (sulfide) groups is 1. The van der Waals surface area contributed by atoms with Gasteiger partial charge in [0.2, 0.25) is 5.91 Å². The van der Waals surface area contributed by atoms with Gasteiger partial charge in [0.1, 0.15) is 5.00 Å². The largest absolute Gasteiger partial charge is 0.462 e. The molecular formula is C24H28N4O3S2. The molecule has 0 fully saturated rings. The SMILES string of the molecule is CCOC(=O)c1c(NC(=O)CSc2nnc(-c3ccc(C)cc3)n2C)sc2c1CCC(C)C2. The molecule has 1 unspecified atom stereocenters. The van der Waals surface area contributed by atoms with Crippen LogP contribution in [0.3, 0.4) is 0 Å². The second-order valence-electron chi connectivity index (χ2n) is 8.34. The van der Waals surface area contributed by atoms with Crippen molar-refractivity contribution in [3.8, 4) is 11.4 Å². The molecule has 1 aliphatic rings. The van der Waals surface area contributed by atoms with Gasteiger partial charge in [0, 0.05) is 17.5 Å². The predicted molar refractivity (Wildman–Crippen MR) is 132 cm³/mol. The van der Waals surface area contributed by atoms with Crippen LogP contribution in [0.4, 0.5) is 5.00 Å². The lowest BCUT2D eigenvalue weighted by Crippen LogP contribution is -2.18. The molecule has 2 heterocycles. The number of fused-ring (bicyclic) bond motifs is 1. The van der Waals surface area contributed by atoms with Crippen molar-refractivity contribution in [2.75, 3.05) is 17.7 Å². The molecule has 9 heteroatoms. The van der Waals surface area contributed by atoms with E-state index in [0.717, 1.165) is 36.2 Å². The number of rotatable bonds is 7. The van der Waals surface area contributed by atoms with Crippen molar-refractivity contribution in [1.29, 1.82) is 0 Å². The Labute approximate surface area is 201 Å². The number of aryl methyl sites for hydroxylation is 1. The number of esters is 1. The average Bonchev–Trinajstić information content (AvgIpc) is 3.32. The molecule has 1 aliphatic carbocycles. The third kappa shape index (κ3) is 5.14. The summed E-state index contributed by atoms with van der Waals surface area (Å²) in [5, 5.41) is 12.7. The molecule has 0 aliphatic heterocycles. The van der Waals surface area contributed by atoms with Crippen LogP contribution in [0, 0.1) is 12.8 Å². The highest BCUT2D eigenvalue weighted by Crippen LogP contribution is 2.40. The molecule has 1 aromatic carbocycles.